The largest absolute Gasteiger partial charge is 0.340 e. The Morgan fingerprint density at radius 1 is 1.21 bits per heavy atom. The zero-order valence-electron chi connectivity index (χ0n) is 9.84. The van der Waals surface area contributed by atoms with E-state index in [-0.39, 0.29) is 6.61 Å². The highest BCUT2D eigenvalue weighted by Crippen LogP contribution is 2.55. The predicted octanol–water partition coefficient (Wildman–Crippen LogP) is 1.65. The van der Waals surface area contributed by atoms with Gasteiger partial charge in [-0.05, 0) is 11.6 Å². The first-order chi connectivity index (χ1) is 8.75. The van der Waals surface area contributed by atoms with Gasteiger partial charge in [-0.1, -0.05) is 18.2 Å². The van der Waals surface area contributed by atoms with Gasteiger partial charge in [-0.2, -0.15) is 0 Å². The van der Waals surface area contributed by atoms with Crippen molar-refractivity contribution in [3.8, 4) is 0 Å². The Kier molecular flexibility index (Phi) is 4.06. The van der Waals surface area contributed by atoms with E-state index >= 15 is 0 Å². The molecule has 1 aliphatic rings. The van der Waals surface area contributed by atoms with Gasteiger partial charge in [0.25, 0.3) is 0 Å². The quantitative estimate of drug-likeness (QED) is 0.712. The molecular weight excluding hydrogens is 292 g/mol. The van der Waals surface area contributed by atoms with Crippen molar-refractivity contribution >= 4 is 26.6 Å². The zero-order valence-corrected chi connectivity index (χ0v) is 11.6. The van der Waals surface area contributed by atoms with Crippen LogP contribution in [0.5, 0.6) is 0 Å². The van der Waals surface area contributed by atoms with E-state index in [0.29, 0.717) is 12.1 Å². The summed E-state index contributed by atoms with van der Waals surface area (Å²) >= 11 is 0. The third-order valence-electron chi connectivity index (χ3n) is 2.46. The van der Waals surface area contributed by atoms with Crippen LogP contribution in [0.4, 0.5) is 5.69 Å². The Balaban J connectivity index is 1.95. The minimum atomic E-state index is -4.59. The fraction of sp³-hybridized carbons (Fsp3) is 0.300. The van der Waals surface area contributed by atoms with Gasteiger partial charge in [0.15, 0.2) is 5.90 Å². The van der Waals surface area contributed by atoms with Crippen molar-refractivity contribution in [2.75, 3.05) is 12.5 Å². The van der Waals surface area contributed by atoms with Gasteiger partial charge in [0.2, 0.25) is 0 Å². The fourth-order valence-corrected chi connectivity index (χ4v) is 4.27. The average Bonchev–Trinajstić information content (AvgIpc) is 2.66. The molecule has 1 aliphatic heterocycles. The lowest BCUT2D eigenvalue weighted by atomic mass is 10.1. The lowest BCUT2D eigenvalue weighted by Gasteiger charge is -2.12. The van der Waals surface area contributed by atoms with Crippen LogP contribution < -0.4 is 0 Å². The van der Waals surface area contributed by atoms with Gasteiger partial charge in [0.1, 0.15) is 0 Å². The molecule has 104 valence electrons. The number of hydrogen-bond acceptors (Lipinski definition) is 4. The van der Waals surface area contributed by atoms with Crippen molar-refractivity contribution in [3.63, 3.8) is 0 Å². The van der Waals surface area contributed by atoms with Crippen molar-refractivity contribution in [1.29, 1.82) is 0 Å². The maximum atomic E-state index is 11.4. The van der Waals surface area contributed by atoms with E-state index in [1.165, 1.54) is 0 Å². The second-order valence-electron chi connectivity index (χ2n) is 4.20. The topological polar surface area (TPSA) is 116 Å². The first-order valence-corrected chi connectivity index (χ1v) is 8.96. The molecule has 0 saturated heterocycles. The molecule has 9 heteroatoms. The number of nitrogens with zero attached hydrogens (tertiary/aromatic N) is 1. The van der Waals surface area contributed by atoms with Gasteiger partial charge >= 0.3 is 15.2 Å². The van der Waals surface area contributed by atoms with Crippen LogP contribution in [0.1, 0.15) is 5.56 Å². The van der Waals surface area contributed by atoms with Crippen LogP contribution in [-0.2, 0) is 20.1 Å². The molecule has 0 bridgehead atoms. The molecule has 7 nitrogen and oxygen atoms in total. The lowest BCUT2D eigenvalue weighted by Crippen LogP contribution is -2.08. The second kappa shape index (κ2) is 5.29. The zero-order chi connectivity index (χ0) is 14.1. The number of rotatable bonds is 5. The van der Waals surface area contributed by atoms with Gasteiger partial charge < -0.3 is 19.2 Å². The van der Waals surface area contributed by atoms with Crippen LogP contribution in [0.2, 0.25) is 0 Å². The van der Waals surface area contributed by atoms with E-state index in [1.807, 2.05) is 24.3 Å². The summed E-state index contributed by atoms with van der Waals surface area (Å²) in [6.45, 7) is -0.220. The van der Waals surface area contributed by atoms with Crippen molar-refractivity contribution in [2.45, 2.75) is 6.42 Å². The van der Waals surface area contributed by atoms with Crippen molar-refractivity contribution < 1.29 is 28.3 Å². The van der Waals surface area contributed by atoms with Crippen LogP contribution in [0.15, 0.2) is 29.3 Å². The van der Waals surface area contributed by atoms with Crippen LogP contribution in [0, 0.1) is 0 Å². The summed E-state index contributed by atoms with van der Waals surface area (Å²) < 4.78 is 26.8. The number of aliphatic imine (C=N–C) groups is 1. The molecule has 0 saturated carbocycles. The van der Waals surface area contributed by atoms with Crippen molar-refractivity contribution in [1.82, 2.24) is 0 Å². The molecule has 19 heavy (non-hydrogen) atoms. The van der Waals surface area contributed by atoms with E-state index in [9.17, 15) is 14.0 Å². The van der Waals surface area contributed by atoms with Gasteiger partial charge in [-0.3, -0.25) is 14.1 Å². The Morgan fingerprint density at radius 2 is 1.89 bits per heavy atom. The van der Waals surface area contributed by atoms with Crippen LogP contribution in [-0.4, -0.2) is 32.9 Å². The smallest absolute Gasteiger partial charge is 0.324 e. The maximum absolute atomic E-state index is 11.4. The molecule has 3 N–H and O–H groups in total. The summed E-state index contributed by atoms with van der Waals surface area (Å²) in [5, 5.41) is 0. The summed E-state index contributed by atoms with van der Waals surface area (Å²) in [6, 6.07) is 7.40. The second-order valence-corrected chi connectivity index (χ2v) is 8.19. The third kappa shape index (κ3) is 4.35. The van der Waals surface area contributed by atoms with Crippen LogP contribution in [0.25, 0.3) is 0 Å². The SMILES string of the molecule is O=P(O)(O)CP(=O)(O)OCC1=Nc2ccccc2C1. The lowest BCUT2D eigenvalue weighted by molar-refractivity contribution is 0.294. The number of para-hydroxylation sites is 1. The molecule has 0 aromatic heterocycles. The molecule has 1 aromatic rings. The number of fused-ring (bicyclic) bond motifs is 1. The number of benzene rings is 1. The summed E-state index contributed by atoms with van der Waals surface area (Å²) in [4.78, 5) is 30.8. The van der Waals surface area contributed by atoms with Gasteiger partial charge in [0.05, 0.1) is 12.3 Å². The summed E-state index contributed by atoms with van der Waals surface area (Å²) in [5.74, 6) is -1.18. The molecule has 1 aromatic carbocycles. The minimum absolute atomic E-state index is 0.220. The van der Waals surface area contributed by atoms with Gasteiger partial charge in [-0.15, -0.1) is 0 Å². The van der Waals surface area contributed by atoms with E-state index in [2.05, 4.69) is 4.99 Å². The molecule has 2 rings (SSSR count). The Labute approximate surface area is 109 Å². The van der Waals surface area contributed by atoms with E-state index in [4.69, 9.17) is 14.3 Å². The third-order valence-corrected chi connectivity index (χ3v) is 5.90. The predicted molar refractivity (Wildman–Crippen MR) is 69.9 cm³/mol. The molecule has 1 unspecified atom stereocenters. The molecular formula is C10H13NO6P2. The normalized spacial score (nSPS) is 17.7. The van der Waals surface area contributed by atoms with Gasteiger partial charge in [0, 0.05) is 12.1 Å². The minimum Gasteiger partial charge on any atom is -0.324 e. The summed E-state index contributed by atoms with van der Waals surface area (Å²) in [7, 11) is -8.89. The highest BCUT2D eigenvalue weighted by molar-refractivity contribution is 7.70. The van der Waals surface area contributed by atoms with Crippen molar-refractivity contribution in [2.24, 2.45) is 4.99 Å². The summed E-state index contributed by atoms with van der Waals surface area (Å²) in [5.41, 5.74) is 2.33. The first-order valence-electron chi connectivity index (χ1n) is 5.40. The highest BCUT2D eigenvalue weighted by atomic mass is 31.2. The van der Waals surface area contributed by atoms with Gasteiger partial charge in [-0.25, -0.2) is 0 Å². The van der Waals surface area contributed by atoms with E-state index in [0.717, 1.165) is 11.3 Å². The maximum Gasteiger partial charge on any atom is 0.340 e. The van der Waals surface area contributed by atoms with Crippen LogP contribution >= 0.6 is 15.2 Å². The molecule has 0 fully saturated rings. The highest BCUT2D eigenvalue weighted by Gasteiger charge is 2.31. The Bertz CT molecular complexity index is 608. The Hall–Kier alpha value is -0.810. The Morgan fingerprint density at radius 3 is 2.53 bits per heavy atom. The molecule has 1 heterocycles. The van der Waals surface area contributed by atoms with Crippen molar-refractivity contribution in [3.05, 3.63) is 29.8 Å². The summed E-state index contributed by atoms with van der Waals surface area (Å²) in [6.07, 6.45) is 0.506. The fourth-order valence-electron chi connectivity index (χ4n) is 1.73. The molecule has 0 radical (unpaired) electrons. The monoisotopic (exact) mass is 305 g/mol. The van der Waals surface area contributed by atoms with E-state index in [1.54, 1.807) is 0 Å². The standard InChI is InChI=1S/C10H13NO6P2/c12-18(13,14)7-19(15,16)17-6-9-5-8-3-1-2-4-10(8)11-9/h1-4H,5-7H2,(H,15,16)(H2,12,13,14). The van der Waals surface area contributed by atoms with Crippen LogP contribution in [0.3, 0.4) is 0 Å². The first kappa shape index (κ1) is 14.6. The molecule has 0 aliphatic carbocycles. The van der Waals surface area contributed by atoms with E-state index < -0.39 is 21.1 Å². The number of hydrogen-bond donors (Lipinski definition) is 3. The molecule has 0 spiro atoms. The average molecular weight is 305 g/mol. The molecule has 0 amide bonds. The molecule has 1 atom stereocenters.